The van der Waals surface area contributed by atoms with Crippen molar-refractivity contribution < 1.29 is 17.9 Å². The van der Waals surface area contributed by atoms with Crippen LogP contribution in [0.3, 0.4) is 0 Å². The minimum absolute atomic E-state index is 0.0602. The van der Waals surface area contributed by atoms with E-state index in [0.717, 1.165) is 32.7 Å². The normalized spacial score (nSPS) is 22.8. The number of primary sulfonamides is 1. The number of hydrogen-bond acceptors (Lipinski definition) is 4. The Hall–Kier alpha value is -0.170. The van der Waals surface area contributed by atoms with E-state index in [0.29, 0.717) is 24.9 Å². The van der Waals surface area contributed by atoms with Gasteiger partial charge in [-0.3, -0.25) is 0 Å². The Bertz CT molecular complexity index is 299. The van der Waals surface area contributed by atoms with Gasteiger partial charge in [0.1, 0.15) is 0 Å². The molecule has 6 heteroatoms. The lowest BCUT2D eigenvalue weighted by molar-refractivity contribution is 0.0817. The molecule has 0 radical (unpaired) electrons. The van der Waals surface area contributed by atoms with Gasteiger partial charge in [0.2, 0.25) is 10.0 Å². The average Bonchev–Trinajstić information content (AvgIpc) is 2.73. The lowest BCUT2D eigenvalue weighted by Crippen LogP contribution is -2.19. The van der Waals surface area contributed by atoms with Gasteiger partial charge in [-0.2, -0.15) is 0 Å². The highest BCUT2D eigenvalue weighted by Gasteiger charge is 2.15. The van der Waals surface area contributed by atoms with Crippen molar-refractivity contribution in [2.45, 2.75) is 26.2 Å². The topological polar surface area (TPSA) is 78.6 Å². The molecule has 5 nitrogen and oxygen atoms in total. The molecule has 1 saturated heterocycles. The molecule has 1 fully saturated rings. The fourth-order valence-electron chi connectivity index (χ4n) is 1.76. The standard InChI is InChI=1S/C11H23NO4S/c1-10(4-7-17(12,13)14)2-5-15-8-11-3-6-16-9-11/h10-11H,2-9H2,1H3,(H2,12,13,14). The van der Waals surface area contributed by atoms with Crippen LogP contribution in [0, 0.1) is 11.8 Å². The van der Waals surface area contributed by atoms with E-state index in [1.165, 1.54) is 0 Å². The zero-order valence-electron chi connectivity index (χ0n) is 10.4. The van der Waals surface area contributed by atoms with Crippen molar-refractivity contribution >= 4 is 10.0 Å². The summed E-state index contributed by atoms with van der Waals surface area (Å²) in [6, 6.07) is 0. The molecule has 17 heavy (non-hydrogen) atoms. The Morgan fingerprint density at radius 2 is 2.24 bits per heavy atom. The number of hydrogen-bond donors (Lipinski definition) is 1. The van der Waals surface area contributed by atoms with Crippen molar-refractivity contribution in [3.05, 3.63) is 0 Å². The molecule has 0 spiro atoms. The lowest BCUT2D eigenvalue weighted by Gasteiger charge is -2.12. The van der Waals surface area contributed by atoms with Gasteiger partial charge in [-0.15, -0.1) is 0 Å². The molecule has 1 rings (SSSR count). The first-order valence-electron chi connectivity index (χ1n) is 6.13. The van der Waals surface area contributed by atoms with Crippen LogP contribution in [-0.2, 0) is 19.5 Å². The summed E-state index contributed by atoms with van der Waals surface area (Å²) in [4.78, 5) is 0. The van der Waals surface area contributed by atoms with Gasteiger partial charge < -0.3 is 9.47 Å². The molecular formula is C11H23NO4S. The fraction of sp³-hybridized carbons (Fsp3) is 1.00. The summed E-state index contributed by atoms with van der Waals surface area (Å²) in [5, 5.41) is 4.95. The molecule has 2 N–H and O–H groups in total. The first-order chi connectivity index (χ1) is 7.97. The van der Waals surface area contributed by atoms with Crippen LogP contribution in [0.2, 0.25) is 0 Å². The van der Waals surface area contributed by atoms with E-state index < -0.39 is 10.0 Å². The molecule has 1 aliphatic rings. The predicted octanol–water partition coefficient (Wildman–Crippen LogP) is 0.744. The van der Waals surface area contributed by atoms with Gasteiger partial charge in [-0.1, -0.05) is 6.92 Å². The highest BCUT2D eigenvalue weighted by molar-refractivity contribution is 7.89. The molecule has 1 aliphatic heterocycles. The second-order valence-electron chi connectivity index (χ2n) is 4.85. The van der Waals surface area contributed by atoms with Gasteiger partial charge >= 0.3 is 0 Å². The van der Waals surface area contributed by atoms with Crippen molar-refractivity contribution in [3.8, 4) is 0 Å². The number of nitrogens with two attached hydrogens (primary N) is 1. The van der Waals surface area contributed by atoms with Crippen LogP contribution in [0.15, 0.2) is 0 Å². The van der Waals surface area contributed by atoms with Crippen molar-refractivity contribution in [3.63, 3.8) is 0 Å². The van der Waals surface area contributed by atoms with E-state index in [1.54, 1.807) is 0 Å². The summed E-state index contributed by atoms with van der Waals surface area (Å²) in [7, 11) is -3.32. The third kappa shape index (κ3) is 7.70. The molecule has 102 valence electrons. The molecule has 0 aromatic rings. The van der Waals surface area contributed by atoms with Crippen LogP contribution in [0.1, 0.15) is 26.2 Å². The van der Waals surface area contributed by atoms with Crippen molar-refractivity contribution in [1.82, 2.24) is 0 Å². The quantitative estimate of drug-likeness (QED) is 0.657. The molecule has 0 amide bonds. The monoisotopic (exact) mass is 265 g/mol. The number of ether oxygens (including phenoxy) is 2. The minimum atomic E-state index is -3.32. The van der Waals surface area contributed by atoms with Crippen molar-refractivity contribution in [2.75, 3.05) is 32.2 Å². The molecule has 2 unspecified atom stereocenters. The van der Waals surface area contributed by atoms with Crippen LogP contribution in [0.4, 0.5) is 0 Å². The second-order valence-corrected chi connectivity index (χ2v) is 6.59. The van der Waals surface area contributed by atoms with Gasteiger partial charge in [0.15, 0.2) is 0 Å². The SMILES string of the molecule is CC(CCOCC1CCOC1)CCS(N)(=O)=O. The molecular weight excluding hydrogens is 242 g/mol. The van der Waals surface area contributed by atoms with Crippen molar-refractivity contribution in [2.24, 2.45) is 17.0 Å². The van der Waals surface area contributed by atoms with Crippen LogP contribution < -0.4 is 5.14 Å². The zero-order chi connectivity index (χ0) is 12.7. The Balaban J connectivity index is 1.98. The van der Waals surface area contributed by atoms with Gasteiger partial charge in [0, 0.05) is 19.1 Å². The molecule has 2 atom stereocenters. The van der Waals surface area contributed by atoms with Crippen molar-refractivity contribution in [1.29, 1.82) is 0 Å². The highest BCUT2D eigenvalue weighted by atomic mass is 32.2. The first kappa shape index (κ1) is 14.9. The summed E-state index contributed by atoms with van der Waals surface area (Å²) in [5.74, 6) is 0.924. The third-order valence-corrected chi connectivity index (χ3v) is 3.83. The second kappa shape index (κ2) is 7.31. The maximum Gasteiger partial charge on any atom is 0.209 e. The minimum Gasteiger partial charge on any atom is -0.381 e. The molecule has 0 bridgehead atoms. The smallest absolute Gasteiger partial charge is 0.209 e. The van der Waals surface area contributed by atoms with Crippen LogP contribution >= 0.6 is 0 Å². The van der Waals surface area contributed by atoms with E-state index in [1.807, 2.05) is 6.92 Å². The highest BCUT2D eigenvalue weighted by Crippen LogP contribution is 2.13. The summed E-state index contributed by atoms with van der Waals surface area (Å²) in [6.45, 7) is 5.11. The third-order valence-electron chi connectivity index (χ3n) is 3.03. The largest absolute Gasteiger partial charge is 0.381 e. The molecule has 0 saturated carbocycles. The van der Waals surface area contributed by atoms with Crippen LogP contribution in [0.5, 0.6) is 0 Å². The summed E-state index contributed by atoms with van der Waals surface area (Å²) >= 11 is 0. The van der Waals surface area contributed by atoms with Crippen LogP contribution in [-0.4, -0.2) is 40.6 Å². The number of sulfonamides is 1. The average molecular weight is 265 g/mol. The Kier molecular flexibility index (Phi) is 6.40. The lowest BCUT2D eigenvalue weighted by atomic mass is 10.1. The predicted molar refractivity (Wildman–Crippen MR) is 66.1 cm³/mol. The Morgan fingerprint density at radius 1 is 1.47 bits per heavy atom. The van der Waals surface area contributed by atoms with E-state index >= 15 is 0 Å². The summed E-state index contributed by atoms with van der Waals surface area (Å²) in [5.41, 5.74) is 0. The zero-order valence-corrected chi connectivity index (χ0v) is 11.2. The maximum atomic E-state index is 10.8. The van der Waals surface area contributed by atoms with Gasteiger partial charge in [0.25, 0.3) is 0 Å². The van der Waals surface area contributed by atoms with E-state index in [2.05, 4.69) is 0 Å². The van der Waals surface area contributed by atoms with Gasteiger partial charge in [-0.05, 0) is 25.2 Å². The Morgan fingerprint density at radius 3 is 2.82 bits per heavy atom. The molecule has 1 heterocycles. The van der Waals surface area contributed by atoms with Gasteiger partial charge in [0.05, 0.1) is 19.0 Å². The van der Waals surface area contributed by atoms with E-state index in [4.69, 9.17) is 14.6 Å². The van der Waals surface area contributed by atoms with Crippen LogP contribution in [0.25, 0.3) is 0 Å². The van der Waals surface area contributed by atoms with Gasteiger partial charge in [-0.25, -0.2) is 13.6 Å². The molecule has 0 aliphatic carbocycles. The van der Waals surface area contributed by atoms with E-state index in [9.17, 15) is 8.42 Å². The molecule has 0 aromatic heterocycles. The fourth-order valence-corrected chi connectivity index (χ4v) is 2.49. The summed E-state index contributed by atoms with van der Waals surface area (Å²) < 4.78 is 32.4. The maximum absolute atomic E-state index is 10.8. The first-order valence-corrected chi connectivity index (χ1v) is 7.85. The molecule has 0 aromatic carbocycles. The van der Waals surface area contributed by atoms with E-state index in [-0.39, 0.29) is 5.75 Å². The summed E-state index contributed by atoms with van der Waals surface area (Å²) in [6.07, 6.45) is 2.57. The Labute approximate surface area is 104 Å². The number of rotatable bonds is 8.